The van der Waals surface area contributed by atoms with Crippen molar-refractivity contribution in [2.75, 3.05) is 23.3 Å². The van der Waals surface area contributed by atoms with Gasteiger partial charge in [0.1, 0.15) is 12.3 Å². The van der Waals surface area contributed by atoms with Crippen molar-refractivity contribution >= 4 is 38.6 Å². The van der Waals surface area contributed by atoms with Crippen LogP contribution in [0.25, 0.3) is 11.4 Å². The number of thiophene rings is 1. The van der Waals surface area contributed by atoms with Crippen molar-refractivity contribution in [3.8, 4) is 17.1 Å². The van der Waals surface area contributed by atoms with Crippen molar-refractivity contribution in [2.24, 2.45) is 0 Å². The first-order valence-electron chi connectivity index (χ1n) is 10.3. The van der Waals surface area contributed by atoms with Gasteiger partial charge in [-0.25, -0.2) is 8.42 Å². The number of anilines is 2. The van der Waals surface area contributed by atoms with Crippen LogP contribution in [0.2, 0.25) is 0 Å². The summed E-state index contributed by atoms with van der Waals surface area (Å²) in [6.07, 6.45) is 0. The SMILES string of the molecule is CCN(c1ccccc1)S(=O)(=O)c1ccc(OC)c(NC(=O)Cn2nnc(-c3ccsc3)n2)c1. The first-order chi connectivity index (χ1) is 16.4. The van der Waals surface area contributed by atoms with E-state index < -0.39 is 15.9 Å². The molecule has 0 saturated heterocycles. The fourth-order valence-electron chi connectivity index (χ4n) is 3.29. The summed E-state index contributed by atoms with van der Waals surface area (Å²) in [4.78, 5) is 13.9. The second kappa shape index (κ2) is 10.0. The Bertz CT molecular complexity index is 1370. The third kappa shape index (κ3) is 4.92. The van der Waals surface area contributed by atoms with E-state index in [2.05, 4.69) is 20.7 Å². The molecule has 4 rings (SSSR count). The fourth-order valence-corrected chi connectivity index (χ4v) is 5.43. The van der Waals surface area contributed by atoms with Crippen molar-refractivity contribution in [2.45, 2.75) is 18.4 Å². The van der Waals surface area contributed by atoms with Crippen LogP contribution in [0.1, 0.15) is 6.92 Å². The minimum absolute atomic E-state index is 0.0212. The number of aromatic nitrogens is 4. The van der Waals surface area contributed by atoms with Gasteiger partial charge in [0, 0.05) is 17.5 Å². The van der Waals surface area contributed by atoms with Crippen molar-refractivity contribution in [3.63, 3.8) is 0 Å². The largest absolute Gasteiger partial charge is 0.495 e. The molecular weight excluding hydrogens is 476 g/mol. The molecule has 4 aromatic rings. The minimum atomic E-state index is -3.88. The number of carbonyl (C=O) groups is 1. The number of rotatable bonds is 9. The molecule has 0 fully saturated rings. The first kappa shape index (κ1) is 23.4. The van der Waals surface area contributed by atoms with E-state index in [0.717, 1.165) is 5.56 Å². The van der Waals surface area contributed by atoms with Crippen molar-refractivity contribution in [1.82, 2.24) is 20.2 Å². The molecule has 0 spiro atoms. The molecule has 0 aliphatic rings. The van der Waals surface area contributed by atoms with Crippen LogP contribution in [0.15, 0.2) is 70.3 Å². The number of amides is 1. The maximum Gasteiger partial charge on any atom is 0.264 e. The topological polar surface area (TPSA) is 119 Å². The zero-order chi connectivity index (χ0) is 24.1. The molecule has 2 heterocycles. The summed E-state index contributed by atoms with van der Waals surface area (Å²) in [6.45, 7) is 1.79. The van der Waals surface area contributed by atoms with Crippen LogP contribution in [0.3, 0.4) is 0 Å². The third-order valence-corrected chi connectivity index (χ3v) is 7.46. The number of benzene rings is 2. The highest BCUT2D eigenvalue weighted by molar-refractivity contribution is 7.92. The smallest absolute Gasteiger partial charge is 0.264 e. The number of carbonyl (C=O) groups excluding carboxylic acids is 1. The predicted molar refractivity (Wildman–Crippen MR) is 129 cm³/mol. The monoisotopic (exact) mass is 498 g/mol. The molecule has 2 aromatic carbocycles. The molecular formula is C22H22N6O4S2. The lowest BCUT2D eigenvalue weighted by Crippen LogP contribution is -2.30. The maximum absolute atomic E-state index is 13.3. The van der Waals surface area contributed by atoms with Crippen LogP contribution in [0.5, 0.6) is 5.75 Å². The molecule has 0 radical (unpaired) electrons. The summed E-state index contributed by atoms with van der Waals surface area (Å²) in [5, 5.41) is 18.5. The Morgan fingerprint density at radius 1 is 1.18 bits per heavy atom. The van der Waals surface area contributed by atoms with Gasteiger partial charge in [0.25, 0.3) is 10.0 Å². The highest BCUT2D eigenvalue weighted by Crippen LogP contribution is 2.30. The van der Waals surface area contributed by atoms with Gasteiger partial charge in [0.2, 0.25) is 11.7 Å². The van der Waals surface area contributed by atoms with Crippen LogP contribution in [-0.4, -0.2) is 48.2 Å². The third-order valence-electron chi connectivity index (χ3n) is 4.88. The lowest BCUT2D eigenvalue weighted by molar-refractivity contribution is -0.117. The van der Waals surface area contributed by atoms with Crippen molar-refractivity contribution in [1.29, 1.82) is 0 Å². The molecule has 0 aliphatic carbocycles. The molecule has 0 saturated carbocycles. The quantitative estimate of drug-likeness (QED) is 0.376. The average Bonchev–Trinajstić information content (AvgIpc) is 3.52. The van der Waals surface area contributed by atoms with Gasteiger partial charge in [0.05, 0.1) is 23.4 Å². The van der Waals surface area contributed by atoms with Crippen LogP contribution in [0, 0.1) is 0 Å². The molecule has 12 heteroatoms. The lowest BCUT2D eigenvalue weighted by atomic mass is 10.3. The standard InChI is InChI=1S/C22H22N6O4S2/c1-3-27(17-7-5-4-6-8-17)34(30,31)18-9-10-20(32-2)19(13-18)23-21(29)14-28-25-22(24-26-28)16-11-12-33-15-16/h4-13,15H,3,14H2,1-2H3,(H,23,29). The Hall–Kier alpha value is -3.77. The molecule has 176 valence electrons. The molecule has 10 nitrogen and oxygen atoms in total. The Kier molecular flexibility index (Phi) is 6.89. The van der Waals surface area contributed by atoms with Gasteiger partial charge in [-0.15, -0.1) is 10.2 Å². The second-order valence-corrected chi connectivity index (χ2v) is 9.71. The van der Waals surface area contributed by atoms with Gasteiger partial charge in [-0.3, -0.25) is 9.10 Å². The molecule has 0 aliphatic heterocycles. The van der Waals surface area contributed by atoms with Gasteiger partial charge < -0.3 is 10.1 Å². The zero-order valence-electron chi connectivity index (χ0n) is 18.5. The Balaban J connectivity index is 1.56. The van der Waals surface area contributed by atoms with Crippen LogP contribution >= 0.6 is 11.3 Å². The van der Waals surface area contributed by atoms with Gasteiger partial charge in [0.15, 0.2) is 0 Å². The summed E-state index contributed by atoms with van der Waals surface area (Å²) in [6, 6.07) is 15.0. The highest BCUT2D eigenvalue weighted by Gasteiger charge is 2.25. The van der Waals surface area contributed by atoms with Crippen molar-refractivity contribution < 1.29 is 17.9 Å². The highest BCUT2D eigenvalue weighted by atomic mass is 32.2. The summed E-state index contributed by atoms with van der Waals surface area (Å²) < 4.78 is 33.3. The number of nitrogens with one attached hydrogen (secondary N) is 1. The Labute approximate surface area is 200 Å². The average molecular weight is 499 g/mol. The fraction of sp³-hybridized carbons (Fsp3) is 0.182. The molecule has 1 amide bonds. The molecule has 1 N–H and O–H groups in total. The Morgan fingerprint density at radius 2 is 1.97 bits per heavy atom. The molecule has 2 aromatic heterocycles. The van der Waals surface area contributed by atoms with E-state index in [9.17, 15) is 13.2 Å². The number of methoxy groups -OCH3 is 1. The maximum atomic E-state index is 13.3. The second-order valence-electron chi connectivity index (χ2n) is 7.07. The lowest BCUT2D eigenvalue weighted by Gasteiger charge is -2.23. The van der Waals surface area contributed by atoms with E-state index >= 15 is 0 Å². The van der Waals surface area contributed by atoms with Crippen LogP contribution in [0.4, 0.5) is 11.4 Å². The van der Waals surface area contributed by atoms with Crippen LogP contribution in [-0.2, 0) is 21.4 Å². The number of para-hydroxylation sites is 1. The predicted octanol–water partition coefficient (Wildman–Crippen LogP) is 3.26. The number of sulfonamides is 1. The number of nitrogens with zero attached hydrogens (tertiary/aromatic N) is 5. The Morgan fingerprint density at radius 3 is 2.65 bits per heavy atom. The molecule has 0 bridgehead atoms. The number of ether oxygens (including phenoxy) is 1. The van der Waals surface area contributed by atoms with Gasteiger partial charge >= 0.3 is 0 Å². The van der Waals surface area contributed by atoms with E-state index in [1.54, 1.807) is 31.2 Å². The van der Waals surface area contributed by atoms with Crippen molar-refractivity contribution in [3.05, 3.63) is 65.4 Å². The minimum Gasteiger partial charge on any atom is -0.495 e. The summed E-state index contributed by atoms with van der Waals surface area (Å²) in [5.41, 5.74) is 1.58. The van der Waals surface area contributed by atoms with Crippen LogP contribution < -0.4 is 14.4 Å². The number of tetrazole rings is 1. The van der Waals surface area contributed by atoms with E-state index in [1.807, 2.05) is 22.9 Å². The number of hydrogen-bond donors (Lipinski definition) is 1. The number of hydrogen-bond acceptors (Lipinski definition) is 8. The normalized spacial score (nSPS) is 11.2. The van der Waals surface area contributed by atoms with E-state index in [4.69, 9.17) is 4.74 Å². The molecule has 0 atom stereocenters. The van der Waals surface area contributed by atoms with E-state index in [1.165, 1.54) is 45.7 Å². The van der Waals surface area contributed by atoms with Gasteiger partial charge in [-0.1, -0.05) is 18.2 Å². The van der Waals surface area contributed by atoms with Gasteiger partial charge in [-0.2, -0.15) is 16.1 Å². The summed E-state index contributed by atoms with van der Waals surface area (Å²) in [7, 11) is -2.44. The van der Waals surface area contributed by atoms with E-state index in [0.29, 0.717) is 17.3 Å². The summed E-state index contributed by atoms with van der Waals surface area (Å²) in [5.74, 6) is 0.276. The molecule has 34 heavy (non-hydrogen) atoms. The zero-order valence-corrected chi connectivity index (χ0v) is 20.1. The van der Waals surface area contributed by atoms with E-state index in [-0.39, 0.29) is 23.7 Å². The summed E-state index contributed by atoms with van der Waals surface area (Å²) >= 11 is 1.51. The van der Waals surface area contributed by atoms with Gasteiger partial charge in [-0.05, 0) is 53.9 Å². The molecule has 0 unspecified atom stereocenters. The first-order valence-corrected chi connectivity index (χ1v) is 12.7.